The van der Waals surface area contributed by atoms with Crippen LogP contribution in [0.4, 0.5) is 14.5 Å². The quantitative estimate of drug-likeness (QED) is 0.808. The number of hydrogen-bond donors (Lipinski definition) is 1. The van der Waals surface area contributed by atoms with E-state index >= 15 is 0 Å². The van der Waals surface area contributed by atoms with E-state index in [2.05, 4.69) is 21.2 Å². The molecule has 4 heteroatoms. The highest BCUT2D eigenvalue weighted by Gasteiger charge is 2.14. The van der Waals surface area contributed by atoms with Gasteiger partial charge in [0.1, 0.15) is 11.6 Å². The molecule has 2 rings (SSSR count). The predicted molar refractivity (Wildman–Crippen MR) is 69.0 cm³/mol. The van der Waals surface area contributed by atoms with Gasteiger partial charge in [-0.15, -0.1) is 0 Å². The van der Waals surface area contributed by atoms with E-state index in [4.69, 9.17) is 0 Å². The lowest BCUT2D eigenvalue weighted by Gasteiger charge is -2.08. The van der Waals surface area contributed by atoms with Gasteiger partial charge < -0.3 is 5.32 Å². The fourth-order valence-corrected chi connectivity index (χ4v) is 1.95. The van der Waals surface area contributed by atoms with E-state index < -0.39 is 11.6 Å². The monoisotopic (exact) mass is 297 g/mol. The third kappa shape index (κ3) is 2.31. The van der Waals surface area contributed by atoms with Crippen LogP contribution in [0.25, 0.3) is 11.1 Å². The molecule has 0 heterocycles. The fourth-order valence-electron chi connectivity index (χ4n) is 1.62. The average molecular weight is 298 g/mol. The van der Waals surface area contributed by atoms with Crippen LogP contribution in [0.15, 0.2) is 40.9 Å². The predicted octanol–water partition coefficient (Wildman–Crippen LogP) is 4.44. The van der Waals surface area contributed by atoms with Crippen LogP contribution in [0.5, 0.6) is 0 Å². The SMILES string of the molecule is CNc1cccc(-c2c(F)ccc(Br)c2F)c1. The maximum Gasteiger partial charge on any atom is 0.148 e. The van der Waals surface area contributed by atoms with Crippen LogP contribution in [-0.4, -0.2) is 7.05 Å². The Morgan fingerprint density at radius 2 is 1.88 bits per heavy atom. The van der Waals surface area contributed by atoms with E-state index in [0.717, 1.165) is 5.69 Å². The summed E-state index contributed by atoms with van der Waals surface area (Å²) in [5.74, 6) is -1.16. The standard InChI is InChI=1S/C13H10BrF2N/c1-17-9-4-2-3-8(7-9)12-11(15)6-5-10(14)13(12)16/h2-7,17H,1H3. The Kier molecular flexibility index (Phi) is 3.43. The van der Waals surface area contributed by atoms with Crippen molar-refractivity contribution in [3.05, 3.63) is 52.5 Å². The molecule has 17 heavy (non-hydrogen) atoms. The molecule has 0 unspecified atom stereocenters. The van der Waals surface area contributed by atoms with Gasteiger partial charge in [0.25, 0.3) is 0 Å². The fraction of sp³-hybridized carbons (Fsp3) is 0.0769. The summed E-state index contributed by atoms with van der Waals surface area (Å²) in [6.07, 6.45) is 0. The summed E-state index contributed by atoms with van der Waals surface area (Å²) in [7, 11) is 1.76. The van der Waals surface area contributed by atoms with E-state index in [9.17, 15) is 8.78 Å². The van der Waals surface area contributed by atoms with Crippen molar-refractivity contribution in [1.82, 2.24) is 0 Å². The second-order valence-electron chi connectivity index (χ2n) is 3.55. The molecule has 1 N–H and O–H groups in total. The van der Waals surface area contributed by atoms with E-state index in [0.29, 0.717) is 5.56 Å². The second-order valence-corrected chi connectivity index (χ2v) is 4.40. The summed E-state index contributed by atoms with van der Waals surface area (Å²) < 4.78 is 27.8. The Morgan fingerprint density at radius 3 is 2.59 bits per heavy atom. The number of anilines is 1. The maximum absolute atomic E-state index is 13.9. The zero-order valence-corrected chi connectivity index (χ0v) is 10.7. The molecule has 0 bridgehead atoms. The van der Waals surface area contributed by atoms with Gasteiger partial charge in [0, 0.05) is 12.7 Å². The largest absolute Gasteiger partial charge is 0.388 e. The first kappa shape index (κ1) is 12.0. The highest BCUT2D eigenvalue weighted by atomic mass is 79.9. The lowest BCUT2D eigenvalue weighted by Crippen LogP contribution is -1.93. The molecule has 1 nitrogen and oxygen atoms in total. The maximum atomic E-state index is 13.9. The van der Waals surface area contributed by atoms with E-state index in [1.54, 1.807) is 25.2 Å². The number of rotatable bonds is 2. The van der Waals surface area contributed by atoms with Crippen LogP contribution >= 0.6 is 15.9 Å². The summed E-state index contributed by atoms with van der Waals surface area (Å²) in [5, 5.41) is 2.93. The van der Waals surface area contributed by atoms with Crippen molar-refractivity contribution < 1.29 is 8.78 Å². The molecule has 88 valence electrons. The Morgan fingerprint density at radius 1 is 1.12 bits per heavy atom. The van der Waals surface area contributed by atoms with Crippen LogP contribution in [0, 0.1) is 11.6 Å². The Hall–Kier alpha value is -1.42. The van der Waals surface area contributed by atoms with Gasteiger partial charge in [-0.2, -0.15) is 0 Å². The van der Waals surface area contributed by atoms with Crippen LogP contribution < -0.4 is 5.32 Å². The lowest BCUT2D eigenvalue weighted by atomic mass is 10.0. The van der Waals surface area contributed by atoms with Crippen molar-refractivity contribution in [2.24, 2.45) is 0 Å². The van der Waals surface area contributed by atoms with Gasteiger partial charge in [0.05, 0.1) is 10.0 Å². The number of halogens is 3. The summed E-state index contributed by atoms with van der Waals surface area (Å²) in [4.78, 5) is 0. The van der Waals surface area contributed by atoms with Gasteiger partial charge in [-0.3, -0.25) is 0 Å². The molecule has 0 aliphatic heterocycles. The average Bonchev–Trinajstić information content (AvgIpc) is 2.35. The first-order chi connectivity index (χ1) is 8.13. The summed E-state index contributed by atoms with van der Waals surface area (Å²) in [6, 6.07) is 9.56. The Balaban J connectivity index is 2.63. The minimum Gasteiger partial charge on any atom is -0.388 e. The third-order valence-corrected chi connectivity index (χ3v) is 3.10. The number of benzene rings is 2. The third-order valence-electron chi connectivity index (χ3n) is 2.48. The number of hydrogen-bond acceptors (Lipinski definition) is 1. The van der Waals surface area contributed by atoms with Crippen molar-refractivity contribution in [3.8, 4) is 11.1 Å². The molecule has 0 fully saturated rings. The molecule has 0 atom stereocenters. The smallest absolute Gasteiger partial charge is 0.148 e. The van der Waals surface area contributed by atoms with E-state index in [1.807, 2.05) is 6.07 Å². The van der Waals surface area contributed by atoms with Gasteiger partial charge in [-0.25, -0.2) is 8.78 Å². The summed E-state index contributed by atoms with van der Waals surface area (Å²) in [5.41, 5.74) is 1.30. The highest BCUT2D eigenvalue weighted by Crippen LogP contribution is 2.31. The van der Waals surface area contributed by atoms with Crippen molar-refractivity contribution in [3.63, 3.8) is 0 Å². The highest BCUT2D eigenvalue weighted by molar-refractivity contribution is 9.10. The zero-order chi connectivity index (χ0) is 12.4. The summed E-state index contributed by atoms with van der Waals surface area (Å²) >= 11 is 3.06. The second kappa shape index (κ2) is 4.84. The first-order valence-corrected chi connectivity index (χ1v) is 5.84. The van der Waals surface area contributed by atoms with Gasteiger partial charge in [0.2, 0.25) is 0 Å². The molecule has 2 aromatic carbocycles. The van der Waals surface area contributed by atoms with Crippen LogP contribution in [0.1, 0.15) is 0 Å². The molecule has 0 aliphatic carbocycles. The molecular formula is C13H10BrF2N. The van der Waals surface area contributed by atoms with Crippen molar-refractivity contribution in [2.45, 2.75) is 0 Å². The van der Waals surface area contributed by atoms with E-state index in [-0.39, 0.29) is 10.0 Å². The van der Waals surface area contributed by atoms with Gasteiger partial charge >= 0.3 is 0 Å². The van der Waals surface area contributed by atoms with Crippen LogP contribution in [0.3, 0.4) is 0 Å². The van der Waals surface area contributed by atoms with Gasteiger partial charge in [0.15, 0.2) is 0 Å². The van der Waals surface area contributed by atoms with E-state index in [1.165, 1.54) is 12.1 Å². The molecule has 0 saturated carbocycles. The Labute approximate surface area is 107 Å². The van der Waals surface area contributed by atoms with Crippen molar-refractivity contribution in [1.29, 1.82) is 0 Å². The van der Waals surface area contributed by atoms with Crippen LogP contribution in [0.2, 0.25) is 0 Å². The summed E-state index contributed by atoms with van der Waals surface area (Å²) in [6.45, 7) is 0. The van der Waals surface area contributed by atoms with Crippen LogP contribution in [-0.2, 0) is 0 Å². The molecule has 2 aromatic rings. The molecule has 0 saturated heterocycles. The topological polar surface area (TPSA) is 12.0 Å². The lowest BCUT2D eigenvalue weighted by molar-refractivity contribution is 0.585. The van der Waals surface area contributed by atoms with Crippen molar-refractivity contribution >= 4 is 21.6 Å². The normalized spacial score (nSPS) is 10.4. The molecule has 0 radical (unpaired) electrons. The molecular weight excluding hydrogens is 288 g/mol. The first-order valence-electron chi connectivity index (χ1n) is 5.05. The molecule has 0 aliphatic rings. The molecule has 0 amide bonds. The zero-order valence-electron chi connectivity index (χ0n) is 9.10. The van der Waals surface area contributed by atoms with Crippen molar-refractivity contribution in [2.75, 3.05) is 12.4 Å². The molecule has 0 spiro atoms. The van der Waals surface area contributed by atoms with Gasteiger partial charge in [-0.05, 0) is 45.8 Å². The van der Waals surface area contributed by atoms with Gasteiger partial charge in [-0.1, -0.05) is 12.1 Å². The minimum atomic E-state index is -0.585. The Bertz CT molecular complexity index is 555. The minimum absolute atomic E-state index is 0.0172. The molecule has 0 aromatic heterocycles. The number of nitrogens with one attached hydrogen (secondary N) is 1.